The third-order valence-electron chi connectivity index (χ3n) is 6.92. The van der Waals surface area contributed by atoms with Gasteiger partial charge in [-0.15, -0.1) is 0 Å². The van der Waals surface area contributed by atoms with Crippen LogP contribution in [0.1, 0.15) is 44.0 Å². The number of anilines is 1. The summed E-state index contributed by atoms with van der Waals surface area (Å²) in [6.07, 6.45) is 4.63. The van der Waals surface area contributed by atoms with Crippen LogP contribution in [-0.4, -0.2) is 46.6 Å². The molecule has 0 bridgehead atoms. The Labute approximate surface area is 260 Å². The summed E-state index contributed by atoms with van der Waals surface area (Å²) in [5, 5.41) is 14.9. The summed E-state index contributed by atoms with van der Waals surface area (Å²) in [6, 6.07) is 19.6. The summed E-state index contributed by atoms with van der Waals surface area (Å²) < 4.78 is 34.2. The highest BCUT2D eigenvalue weighted by Crippen LogP contribution is 2.29. The molecule has 44 heavy (non-hydrogen) atoms. The number of allylic oxidation sites excluding steroid dienone is 2. The molecule has 4 rings (SSSR count). The molecule has 0 aliphatic rings. The van der Waals surface area contributed by atoms with E-state index in [2.05, 4.69) is 53.4 Å². The molecule has 2 aromatic carbocycles. The molecule has 0 saturated carbocycles. The number of ether oxygens (including phenoxy) is 1. The number of aliphatic hydroxyl groups is 1. The van der Waals surface area contributed by atoms with Gasteiger partial charge in [0.2, 0.25) is 11.8 Å². The van der Waals surface area contributed by atoms with Gasteiger partial charge < -0.3 is 15.2 Å². The zero-order valence-corrected chi connectivity index (χ0v) is 26.7. The SMILES string of the molecule is C=C/C=C\C(O)S(=O)(=O)Nc1nc(OC[C@@H](CC(C)(C)C)NCc2ccc3ccccc3n2)cc(-c2c(C)cccc2C)n1. The Kier molecular flexibility index (Phi) is 10.5. The second-order valence-electron chi connectivity index (χ2n) is 12.0. The van der Waals surface area contributed by atoms with E-state index in [0.29, 0.717) is 12.2 Å². The number of nitrogens with zero attached hydrogens (tertiary/aromatic N) is 3. The Morgan fingerprint density at radius 2 is 1.73 bits per heavy atom. The maximum Gasteiger partial charge on any atom is 0.265 e. The molecule has 3 N–H and O–H groups in total. The van der Waals surface area contributed by atoms with Crippen LogP contribution >= 0.6 is 0 Å². The molecule has 0 spiro atoms. The minimum Gasteiger partial charge on any atom is -0.476 e. The maximum absolute atomic E-state index is 12.8. The van der Waals surface area contributed by atoms with Gasteiger partial charge in [-0.3, -0.25) is 4.98 Å². The van der Waals surface area contributed by atoms with Crippen LogP contribution in [0.25, 0.3) is 22.2 Å². The fourth-order valence-corrected chi connectivity index (χ4v) is 5.69. The fraction of sp³-hybridized carbons (Fsp3) is 0.324. The Bertz CT molecular complexity index is 1730. The lowest BCUT2D eigenvalue weighted by molar-refractivity contribution is 0.208. The zero-order valence-electron chi connectivity index (χ0n) is 25.9. The number of sulfonamides is 1. The number of para-hydroxylation sites is 1. The topological polar surface area (TPSA) is 126 Å². The molecule has 0 fully saturated rings. The van der Waals surface area contributed by atoms with Gasteiger partial charge in [0.25, 0.3) is 10.0 Å². The predicted molar refractivity (Wildman–Crippen MR) is 177 cm³/mol. The third-order valence-corrected chi connectivity index (χ3v) is 8.18. The van der Waals surface area contributed by atoms with E-state index < -0.39 is 15.5 Å². The summed E-state index contributed by atoms with van der Waals surface area (Å²) in [4.78, 5) is 13.7. The first-order valence-corrected chi connectivity index (χ1v) is 16.0. The molecular weight excluding hydrogens is 574 g/mol. The van der Waals surface area contributed by atoms with Gasteiger partial charge in [0.15, 0.2) is 5.44 Å². The van der Waals surface area contributed by atoms with Gasteiger partial charge in [-0.2, -0.15) is 4.98 Å². The summed E-state index contributed by atoms with van der Waals surface area (Å²) in [5.74, 6) is 0.00270. The highest BCUT2D eigenvalue weighted by Gasteiger charge is 2.24. The van der Waals surface area contributed by atoms with Crippen molar-refractivity contribution in [2.24, 2.45) is 5.41 Å². The Morgan fingerprint density at radius 3 is 2.43 bits per heavy atom. The van der Waals surface area contributed by atoms with Crippen molar-refractivity contribution in [3.8, 4) is 17.1 Å². The summed E-state index contributed by atoms with van der Waals surface area (Å²) in [7, 11) is -4.26. The fourth-order valence-electron chi connectivity index (χ4n) is 4.93. The molecule has 0 saturated heterocycles. The van der Waals surface area contributed by atoms with Crippen molar-refractivity contribution in [1.29, 1.82) is 0 Å². The van der Waals surface area contributed by atoms with Crippen molar-refractivity contribution in [2.45, 2.75) is 59.1 Å². The van der Waals surface area contributed by atoms with E-state index in [4.69, 9.17) is 9.72 Å². The molecule has 4 aromatic rings. The third kappa shape index (κ3) is 8.95. The van der Waals surface area contributed by atoms with E-state index in [1.54, 1.807) is 6.07 Å². The second-order valence-corrected chi connectivity index (χ2v) is 13.8. The second kappa shape index (κ2) is 14.1. The number of aromatic nitrogens is 3. The number of hydrogen-bond acceptors (Lipinski definition) is 8. The van der Waals surface area contributed by atoms with E-state index in [1.165, 1.54) is 12.2 Å². The first kappa shape index (κ1) is 32.8. The molecule has 9 nitrogen and oxygen atoms in total. The van der Waals surface area contributed by atoms with Crippen molar-refractivity contribution < 1.29 is 18.3 Å². The molecule has 232 valence electrons. The molecule has 2 aromatic heterocycles. The number of hydrogen-bond donors (Lipinski definition) is 3. The first-order chi connectivity index (χ1) is 20.8. The summed E-state index contributed by atoms with van der Waals surface area (Å²) in [6.45, 7) is 14.7. The van der Waals surface area contributed by atoms with Gasteiger partial charge >= 0.3 is 0 Å². The van der Waals surface area contributed by atoms with Crippen molar-refractivity contribution in [1.82, 2.24) is 20.3 Å². The predicted octanol–water partition coefficient (Wildman–Crippen LogP) is 6.08. The van der Waals surface area contributed by atoms with Crippen LogP contribution in [0.5, 0.6) is 5.88 Å². The number of aliphatic hydroxyl groups excluding tert-OH is 1. The van der Waals surface area contributed by atoms with E-state index in [1.807, 2.05) is 62.4 Å². The largest absolute Gasteiger partial charge is 0.476 e. The molecule has 2 atom stereocenters. The van der Waals surface area contributed by atoms with E-state index in [0.717, 1.165) is 45.8 Å². The minimum absolute atomic E-state index is 0.00280. The lowest BCUT2D eigenvalue weighted by Gasteiger charge is -2.27. The highest BCUT2D eigenvalue weighted by molar-refractivity contribution is 7.93. The van der Waals surface area contributed by atoms with Crippen LogP contribution in [0.15, 0.2) is 85.5 Å². The highest BCUT2D eigenvalue weighted by atomic mass is 32.2. The quantitative estimate of drug-likeness (QED) is 0.154. The molecule has 10 heteroatoms. The van der Waals surface area contributed by atoms with Gasteiger partial charge in [0.1, 0.15) is 6.61 Å². The molecule has 0 radical (unpaired) electrons. The van der Waals surface area contributed by atoms with Crippen LogP contribution in [0.3, 0.4) is 0 Å². The number of pyridine rings is 1. The average Bonchev–Trinajstić information content (AvgIpc) is 2.96. The molecule has 1 unspecified atom stereocenters. The standard InChI is InChI=1S/C34H41N5O4S/c1-7-8-16-31(40)44(41,42)39-33-37-29(32-23(2)12-11-13-24(32)3)19-30(38-33)43-22-27(20-34(4,5)6)35-21-26-18-17-25-14-9-10-15-28(25)36-26/h7-19,27,31,35,40H,1,20-22H2,2-6H3,(H,37,38,39)/b16-8-/t27-,31?/m1/s1. The van der Waals surface area contributed by atoms with Crippen molar-refractivity contribution in [2.75, 3.05) is 11.3 Å². The summed E-state index contributed by atoms with van der Waals surface area (Å²) in [5.41, 5.74) is 3.32. The summed E-state index contributed by atoms with van der Waals surface area (Å²) >= 11 is 0. The van der Waals surface area contributed by atoms with Crippen LogP contribution in [0.4, 0.5) is 5.95 Å². The molecule has 2 heterocycles. The van der Waals surface area contributed by atoms with Crippen molar-refractivity contribution >= 4 is 26.9 Å². The Morgan fingerprint density at radius 1 is 1.00 bits per heavy atom. The van der Waals surface area contributed by atoms with Crippen LogP contribution in [-0.2, 0) is 16.6 Å². The van der Waals surface area contributed by atoms with Gasteiger partial charge in [0.05, 0.1) is 16.9 Å². The first-order valence-electron chi connectivity index (χ1n) is 14.5. The van der Waals surface area contributed by atoms with Gasteiger partial charge in [-0.05, 0) is 55.0 Å². The smallest absolute Gasteiger partial charge is 0.265 e. The number of nitrogens with one attached hydrogen (secondary N) is 2. The normalized spacial score (nSPS) is 13.6. The average molecular weight is 616 g/mol. The number of benzene rings is 2. The van der Waals surface area contributed by atoms with E-state index in [-0.39, 0.29) is 29.9 Å². The Balaban J connectivity index is 1.61. The Hall–Kier alpha value is -4.12. The van der Waals surface area contributed by atoms with E-state index in [9.17, 15) is 13.5 Å². The van der Waals surface area contributed by atoms with Crippen LogP contribution in [0, 0.1) is 19.3 Å². The minimum atomic E-state index is -4.26. The van der Waals surface area contributed by atoms with Gasteiger partial charge in [0, 0.05) is 29.6 Å². The molecule has 0 aliphatic carbocycles. The van der Waals surface area contributed by atoms with E-state index >= 15 is 0 Å². The van der Waals surface area contributed by atoms with Crippen molar-refractivity contribution in [3.63, 3.8) is 0 Å². The molecule has 0 aliphatic heterocycles. The molecular formula is C34H41N5O4S. The van der Waals surface area contributed by atoms with Crippen LogP contribution in [0.2, 0.25) is 0 Å². The lowest BCUT2D eigenvalue weighted by Crippen LogP contribution is -2.37. The van der Waals surface area contributed by atoms with Crippen LogP contribution < -0.4 is 14.8 Å². The van der Waals surface area contributed by atoms with Gasteiger partial charge in [-0.25, -0.2) is 18.1 Å². The van der Waals surface area contributed by atoms with Crippen molar-refractivity contribution in [3.05, 3.63) is 102 Å². The number of fused-ring (bicyclic) bond motifs is 1. The van der Waals surface area contributed by atoms with Gasteiger partial charge in [-0.1, -0.05) is 82.0 Å². The lowest BCUT2D eigenvalue weighted by atomic mass is 9.88. The monoisotopic (exact) mass is 615 g/mol. The maximum atomic E-state index is 12.8. The number of rotatable bonds is 13. The number of aryl methyl sites for hydroxylation is 2. The zero-order chi connectivity index (χ0) is 31.9. The molecule has 0 amide bonds.